The standard InChI is InChI=1S/C17H18ClN5O3/c18-17-19-10-14(23(25)26)15(22-17)21-13-9-5-4-8-12(13)16(24)20-11-6-2-1-3-7-11/h4-5,8-11H,1-3,6-7H2,(H,20,24)(H,19,21,22). The summed E-state index contributed by atoms with van der Waals surface area (Å²) in [7, 11) is 0. The number of hydrogen-bond donors (Lipinski definition) is 2. The Morgan fingerprint density at radius 1 is 1.23 bits per heavy atom. The minimum atomic E-state index is -0.608. The zero-order valence-electron chi connectivity index (χ0n) is 13.9. The van der Waals surface area contributed by atoms with E-state index >= 15 is 0 Å². The summed E-state index contributed by atoms with van der Waals surface area (Å²) in [4.78, 5) is 30.7. The van der Waals surface area contributed by atoms with Gasteiger partial charge in [0.2, 0.25) is 11.1 Å². The number of anilines is 2. The highest BCUT2D eigenvalue weighted by Gasteiger charge is 2.21. The largest absolute Gasteiger partial charge is 0.349 e. The average Bonchev–Trinajstić information content (AvgIpc) is 2.63. The summed E-state index contributed by atoms with van der Waals surface area (Å²) in [5.41, 5.74) is 0.484. The van der Waals surface area contributed by atoms with Gasteiger partial charge in [0, 0.05) is 6.04 Å². The van der Waals surface area contributed by atoms with E-state index < -0.39 is 4.92 Å². The molecule has 1 heterocycles. The van der Waals surface area contributed by atoms with Gasteiger partial charge in [-0.3, -0.25) is 14.9 Å². The van der Waals surface area contributed by atoms with Gasteiger partial charge in [0.15, 0.2) is 0 Å². The van der Waals surface area contributed by atoms with Crippen LogP contribution in [-0.2, 0) is 0 Å². The Morgan fingerprint density at radius 2 is 1.96 bits per heavy atom. The highest BCUT2D eigenvalue weighted by atomic mass is 35.5. The summed E-state index contributed by atoms with van der Waals surface area (Å²) in [5, 5.41) is 16.9. The third-order valence-corrected chi connectivity index (χ3v) is 4.48. The van der Waals surface area contributed by atoms with Crippen molar-refractivity contribution in [2.45, 2.75) is 38.1 Å². The van der Waals surface area contributed by atoms with Crippen LogP contribution in [0.3, 0.4) is 0 Å². The van der Waals surface area contributed by atoms with Crippen molar-refractivity contribution in [2.24, 2.45) is 0 Å². The lowest BCUT2D eigenvalue weighted by Gasteiger charge is -2.23. The van der Waals surface area contributed by atoms with Gasteiger partial charge in [-0.05, 0) is 36.6 Å². The Labute approximate surface area is 155 Å². The van der Waals surface area contributed by atoms with Gasteiger partial charge in [-0.15, -0.1) is 0 Å². The summed E-state index contributed by atoms with van der Waals surface area (Å²) in [6.45, 7) is 0. The third-order valence-electron chi connectivity index (χ3n) is 4.30. The summed E-state index contributed by atoms with van der Waals surface area (Å²) in [6, 6.07) is 6.95. The zero-order chi connectivity index (χ0) is 18.5. The van der Waals surface area contributed by atoms with Crippen LogP contribution in [0.5, 0.6) is 0 Å². The van der Waals surface area contributed by atoms with Crippen molar-refractivity contribution in [1.29, 1.82) is 0 Å². The SMILES string of the molecule is O=C(NC1CCCCC1)c1ccccc1Nc1nc(Cl)ncc1[N+](=O)[O-]. The van der Waals surface area contributed by atoms with Crippen molar-refractivity contribution in [3.63, 3.8) is 0 Å². The number of aromatic nitrogens is 2. The van der Waals surface area contributed by atoms with Gasteiger partial charge >= 0.3 is 5.69 Å². The Hall–Kier alpha value is -2.74. The second-order valence-corrected chi connectivity index (χ2v) is 6.45. The van der Waals surface area contributed by atoms with Crippen molar-refractivity contribution < 1.29 is 9.72 Å². The lowest BCUT2D eigenvalue weighted by atomic mass is 9.95. The Morgan fingerprint density at radius 3 is 2.69 bits per heavy atom. The number of rotatable bonds is 5. The van der Waals surface area contributed by atoms with E-state index in [4.69, 9.17) is 11.6 Å². The van der Waals surface area contributed by atoms with E-state index in [0.29, 0.717) is 11.3 Å². The first kappa shape index (κ1) is 18.1. The minimum absolute atomic E-state index is 0.0621. The second-order valence-electron chi connectivity index (χ2n) is 6.11. The van der Waals surface area contributed by atoms with E-state index in [-0.39, 0.29) is 28.7 Å². The zero-order valence-corrected chi connectivity index (χ0v) is 14.7. The number of carbonyl (C=O) groups is 1. The predicted molar refractivity (Wildman–Crippen MR) is 97.8 cm³/mol. The molecule has 8 nitrogen and oxygen atoms in total. The quantitative estimate of drug-likeness (QED) is 0.466. The summed E-state index contributed by atoms with van der Waals surface area (Å²) < 4.78 is 0. The molecular weight excluding hydrogens is 358 g/mol. The van der Waals surface area contributed by atoms with Crippen LogP contribution in [0.25, 0.3) is 0 Å². The number of halogens is 1. The van der Waals surface area contributed by atoms with Gasteiger partial charge in [0.25, 0.3) is 5.91 Å². The van der Waals surface area contributed by atoms with E-state index in [1.165, 1.54) is 6.42 Å². The molecule has 3 rings (SSSR count). The summed E-state index contributed by atoms with van der Waals surface area (Å²) in [5.74, 6) is -0.282. The number of hydrogen-bond acceptors (Lipinski definition) is 6. The minimum Gasteiger partial charge on any atom is -0.349 e. The molecule has 26 heavy (non-hydrogen) atoms. The van der Waals surface area contributed by atoms with Gasteiger partial charge in [-0.1, -0.05) is 31.4 Å². The van der Waals surface area contributed by atoms with Crippen molar-refractivity contribution in [1.82, 2.24) is 15.3 Å². The van der Waals surface area contributed by atoms with Crippen LogP contribution in [0, 0.1) is 10.1 Å². The fourth-order valence-corrected chi connectivity index (χ4v) is 3.14. The normalized spacial score (nSPS) is 14.7. The van der Waals surface area contributed by atoms with Gasteiger partial charge < -0.3 is 10.6 Å². The molecule has 0 radical (unpaired) electrons. The van der Waals surface area contributed by atoms with Crippen LogP contribution in [0.15, 0.2) is 30.5 Å². The lowest BCUT2D eigenvalue weighted by Crippen LogP contribution is -2.36. The summed E-state index contributed by atoms with van der Waals surface area (Å²) in [6.07, 6.45) is 6.38. The number of benzene rings is 1. The van der Waals surface area contributed by atoms with E-state index in [0.717, 1.165) is 31.9 Å². The Balaban J connectivity index is 1.84. The number of carbonyl (C=O) groups excluding carboxylic acids is 1. The highest BCUT2D eigenvalue weighted by molar-refractivity contribution is 6.28. The molecule has 0 saturated heterocycles. The third kappa shape index (κ3) is 4.26. The number of nitrogens with zero attached hydrogens (tertiary/aromatic N) is 3. The monoisotopic (exact) mass is 375 g/mol. The molecule has 0 atom stereocenters. The van der Waals surface area contributed by atoms with Gasteiger partial charge in [-0.25, -0.2) is 4.98 Å². The number of nitrogens with one attached hydrogen (secondary N) is 2. The molecule has 2 aromatic rings. The van der Waals surface area contributed by atoms with E-state index in [9.17, 15) is 14.9 Å². The van der Waals surface area contributed by atoms with Crippen LogP contribution in [0.2, 0.25) is 5.28 Å². The lowest BCUT2D eigenvalue weighted by molar-refractivity contribution is -0.384. The van der Waals surface area contributed by atoms with E-state index in [1.54, 1.807) is 24.3 Å². The second kappa shape index (κ2) is 8.09. The molecule has 1 aliphatic rings. The van der Waals surface area contributed by atoms with Crippen molar-refractivity contribution in [3.05, 3.63) is 51.4 Å². The molecule has 1 aliphatic carbocycles. The molecule has 9 heteroatoms. The maximum atomic E-state index is 12.7. The fraction of sp³-hybridized carbons (Fsp3) is 0.353. The molecule has 136 valence electrons. The molecule has 0 spiro atoms. The van der Waals surface area contributed by atoms with Crippen LogP contribution >= 0.6 is 11.6 Å². The molecule has 2 N–H and O–H groups in total. The molecule has 0 unspecified atom stereocenters. The van der Waals surface area contributed by atoms with Crippen LogP contribution in [0.1, 0.15) is 42.5 Å². The number of amides is 1. The summed E-state index contributed by atoms with van der Waals surface area (Å²) >= 11 is 5.75. The Bertz CT molecular complexity index is 824. The Kier molecular flexibility index (Phi) is 5.62. The molecule has 1 saturated carbocycles. The molecule has 1 fully saturated rings. The van der Waals surface area contributed by atoms with Crippen molar-refractivity contribution in [2.75, 3.05) is 5.32 Å². The average molecular weight is 376 g/mol. The van der Waals surface area contributed by atoms with E-state index in [2.05, 4.69) is 20.6 Å². The van der Waals surface area contributed by atoms with Crippen LogP contribution in [-0.4, -0.2) is 26.8 Å². The molecule has 0 aliphatic heterocycles. The highest BCUT2D eigenvalue weighted by Crippen LogP contribution is 2.28. The first-order chi connectivity index (χ1) is 12.5. The van der Waals surface area contributed by atoms with Crippen LogP contribution in [0.4, 0.5) is 17.2 Å². The van der Waals surface area contributed by atoms with Gasteiger partial charge in [0.05, 0.1) is 16.2 Å². The fourth-order valence-electron chi connectivity index (χ4n) is 3.01. The topological polar surface area (TPSA) is 110 Å². The number of para-hydroxylation sites is 1. The maximum absolute atomic E-state index is 12.7. The molecule has 1 amide bonds. The first-order valence-electron chi connectivity index (χ1n) is 8.38. The van der Waals surface area contributed by atoms with E-state index in [1.807, 2.05) is 0 Å². The maximum Gasteiger partial charge on any atom is 0.329 e. The van der Waals surface area contributed by atoms with Crippen molar-refractivity contribution in [3.8, 4) is 0 Å². The molecule has 1 aromatic carbocycles. The number of nitro groups is 1. The van der Waals surface area contributed by atoms with Gasteiger partial charge in [0.1, 0.15) is 6.20 Å². The molecule has 0 bridgehead atoms. The van der Waals surface area contributed by atoms with Crippen molar-refractivity contribution >= 4 is 34.7 Å². The first-order valence-corrected chi connectivity index (χ1v) is 8.76. The molecular formula is C17H18ClN5O3. The van der Waals surface area contributed by atoms with Gasteiger partial charge in [-0.2, -0.15) is 4.98 Å². The smallest absolute Gasteiger partial charge is 0.329 e. The predicted octanol–water partition coefficient (Wildman–Crippen LogP) is 3.84. The van der Waals surface area contributed by atoms with Crippen LogP contribution < -0.4 is 10.6 Å². The molecule has 1 aromatic heterocycles.